The molecular weight excluding hydrogens is 270 g/mol. The molecule has 0 unspecified atom stereocenters. The van der Waals surface area contributed by atoms with Crippen molar-refractivity contribution in [3.05, 3.63) is 30.1 Å². The SMILES string of the molecule is CC(C)N1C(=O)CO[C@H]2CN(C(=O)c3ccncc3)C[C@H]21. The Hall–Kier alpha value is -1.95. The first kappa shape index (κ1) is 14.0. The van der Waals surface area contributed by atoms with Crippen LogP contribution in [0.4, 0.5) is 0 Å². The number of fused-ring (bicyclic) bond motifs is 1. The van der Waals surface area contributed by atoms with Crippen LogP contribution in [0.15, 0.2) is 24.5 Å². The summed E-state index contributed by atoms with van der Waals surface area (Å²) in [4.78, 5) is 32.0. The largest absolute Gasteiger partial charge is 0.364 e. The van der Waals surface area contributed by atoms with E-state index in [1.807, 2.05) is 18.7 Å². The van der Waals surface area contributed by atoms with Gasteiger partial charge in [-0.3, -0.25) is 14.6 Å². The molecule has 2 atom stereocenters. The van der Waals surface area contributed by atoms with Crippen molar-refractivity contribution in [2.24, 2.45) is 0 Å². The number of rotatable bonds is 2. The van der Waals surface area contributed by atoms with E-state index in [0.717, 1.165) is 0 Å². The number of carbonyl (C=O) groups excluding carboxylic acids is 2. The topological polar surface area (TPSA) is 62.7 Å². The molecule has 0 spiro atoms. The van der Waals surface area contributed by atoms with E-state index in [1.165, 1.54) is 0 Å². The van der Waals surface area contributed by atoms with E-state index in [9.17, 15) is 9.59 Å². The van der Waals surface area contributed by atoms with Crippen LogP contribution in [0.25, 0.3) is 0 Å². The van der Waals surface area contributed by atoms with Crippen molar-refractivity contribution in [1.82, 2.24) is 14.8 Å². The molecule has 3 heterocycles. The maximum absolute atomic E-state index is 12.5. The smallest absolute Gasteiger partial charge is 0.254 e. The second-order valence-electron chi connectivity index (χ2n) is 5.76. The molecule has 6 nitrogen and oxygen atoms in total. The Labute approximate surface area is 123 Å². The first-order valence-electron chi connectivity index (χ1n) is 7.20. The fraction of sp³-hybridized carbons (Fsp3) is 0.533. The molecule has 1 aromatic heterocycles. The summed E-state index contributed by atoms with van der Waals surface area (Å²) in [5.74, 6) is -0.0315. The highest BCUT2D eigenvalue weighted by molar-refractivity contribution is 5.94. The average molecular weight is 289 g/mol. The second-order valence-corrected chi connectivity index (χ2v) is 5.76. The first-order valence-corrected chi connectivity index (χ1v) is 7.20. The molecular formula is C15H19N3O3. The standard InChI is InChI=1S/C15H19N3O3/c1-10(2)18-12-7-17(8-13(12)21-9-14(18)19)15(20)11-3-5-16-6-4-11/h3-6,10,12-13H,7-9H2,1-2H3/t12-,13+/m1/s1. The van der Waals surface area contributed by atoms with Crippen LogP contribution < -0.4 is 0 Å². The molecule has 2 saturated heterocycles. The summed E-state index contributed by atoms with van der Waals surface area (Å²) in [6.07, 6.45) is 3.13. The third-order valence-electron chi connectivity index (χ3n) is 4.07. The molecule has 0 aromatic carbocycles. The molecule has 0 saturated carbocycles. The Balaban J connectivity index is 1.78. The zero-order valence-electron chi connectivity index (χ0n) is 12.2. The van der Waals surface area contributed by atoms with E-state index in [4.69, 9.17) is 4.74 Å². The maximum atomic E-state index is 12.5. The van der Waals surface area contributed by atoms with Gasteiger partial charge < -0.3 is 14.5 Å². The molecule has 6 heteroatoms. The summed E-state index contributed by atoms with van der Waals surface area (Å²) in [5.41, 5.74) is 0.617. The number of ether oxygens (including phenoxy) is 1. The summed E-state index contributed by atoms with van der Waals surface area (Å²) < 4.78 is 5.61. The lowest BCUT2D eigenvalue weighted by Gasteiger charge is -2.39. The predicted molar refractivity (Wildman–Crippen MR) is 75.7 cm³/mol. The number of morpholine rings is 1. The molecule has 1 aromatic rings. The monoisotopic (exact) mass is 289 g/mol. The maximum Gasteiger partial charge on any atom is 0.254 e. The van der Waals surface area contributed by atoms with E-state index in [2.05, 4.69) is 4.98 Å². The molecule has 0 N–H and O–H groups in total. The molecule has 2 fully saturated rings. The Morgan fingerprint density at radius 1 is 1.33 bits per heavy atom. The average Bonchev–Trinajstić information content (AvgIpc) is 2.90. The Morgan fingerprint density at radius 2 is 2.05 bits per heavy atom. The Morgan fingerprint density at radius 3 is 2.71 bits per heavy atom. The lowest BCUT2D eigenvalue weighted by Crippen LogP contribution is -2.56. The molecule has 0 radical (unpaired) electrons. The normalized spacial score (nSPS) is 25.4. The van der Waals surface area contributed by atoms with E-state index in [0.29, 0.717) is 18.7 Å². The van der Waals surface area contributed by atoms with Gasteiger partial charge in [0.25, 0.3) is 5.91 Å². The van der Waals surface area contributed by atoms with Crippen molar-refractivity contribution in [2.45, 2.75) is 32.0 Å². The zero-order valence-corrected chi connectivity index (χ0v) is 12.2. The van der Waals surface area contributed by atoms with Crippen LogP contribution in [0, 0.1) is 0 Å². The number of carbonyl (C=O) groups is 2. The number of likely N-dealkylation sites (tertiary alicyclic amines) is 1. The van der Waals surface area contributed by atoms with Crippen LogP contribution in [-0.2, 0) is 9.53 Å². The highest BCUT2D eigenvalue weighted by atomic mass is 16.5. The minimum atomic E-state index is -0.0871. The highest BCUT2D eigenvalue weighted by Gasteiger charge is 2.45. The minimum absolute atomic E-state index is 0.00413. The van der Waals surface area contributed by atoms with E-state index in [1.54, 1.807) is 29.4 Å². The lowest BCUT2D eigenvalue weighted by molar-refractivity contribution is -0.155. The summed E-state index contributed by atoms with van der Waals surface area (Å²) in [7, 11) is 0. The van der Waals surface area contributed by atoms with E-state index in [-0.39, 0.29) is 36.6 Å². The van der Waals surface area contributed by atoms with Gasteiger partial charge in [0.1, 0.15) is 6.61 Å². The first-order chi connectivity index (χ1) is 10.1. The third-order valence-corrected chi connectivity index (χ3v) is 4.07. The third kappa shape index (κ3) is 2.51. The molecule has 21 heavy (non-hydrogen) atoms. The van der Waals surface area contributed by atoms with Crippen LogP contribution in [0.2, 0.25) is 0 Å². The van der Waals surface area contributed by atoms with Gasteiger partial charge in [-0.05, 0) is 26.0 Å². The van der Waals surface area contributed by atoms with E-state index >= 15 is 0 Å². The van der Waals surface area contributed by atoms with Crippen molar-refractivity contribution in [3.63, 3.8) is 0 Å². The van der Waals surface area contributed by atoms with Crippen LogP contribution in [0.3, 0.4) is 0 Å². The van der Waals surface area contributed by atoms with Gasteiger partial charge >= 0.3 is 0 Å². The predicted octanol–water partition coefficient (Wildman–Crippen LogP) is 0.542. The number of amides is 2. The highest BCUT2D eigenvalue weighted by Crippen LogP contribution is 2.26. The van der Waals surface area contributed by atoms with Crippen molar-refractivity contribution < 1.29 is 14.3 Å². The van der Waals surface area contributed by atoms with Crippen molar-refractivity contribution >= 4 is 11.8 Å². The van der Waals surface area contributed by atoms with Crippen LogP contribution in [0.5, 0.6) is 0 Å². The number of pyridine rings is 1. The van der Waals surface area contributed by atoms with Crippen molar-refractivity contribution in [1.29, 1.82) is 0 Å². The van der Waals surface area contributed by atoms with Gasteiger partial charge in [0.2, 0.25) is 5.91 Å². The molecule has 0 bridgehead atoms. The van der Waals surface area contributed by atoms with Gasteiger partial charge in [-0.15, -0.1) is 0 Å². The van der Waals surface area contributed by atoms with Gasteiger partial charge in [0, 0.05) is 37.1 Å². The molecule has 2 aliphatic rings. The quantitative estimate of drug-likeness (QED) is 0.797. The second kappa shape index (κ2) is 5.44. The summed E-state index contributed by atoms with van der Waals surface area (Å²) in [6.45, 7) is 5.15. The number of aromatic nitrogens is 1. The summed E-state index contributed by atoms with van der Waals surface area (Å²) >= 11 is 0. The number of nitrogens with zero attached hydrogens (tertiary/aromatic N) is 3. The Kier molecular flexibility index (Phi) is 3.63. The van der Waals surface area contributed by atoms with Crippen LogP contribution in [0.1, 0.15) is 24.2 Å². The molecule has 112 valence electrons. The van der Waals surface area contributed by atoms with Gasteiger partial charge in [-0.2, -0.15) is 0 Å². The van der Waals surface area contributed by atoms with Gasteiger partial charge in [-0.1, -0.05) is 0 Å². The molecule has 3 rings (SSSR count). The van der Waals surface area contributed by atoms with Crippen molar-refractivity contribution in [3.8, 4) is 0 Å². The zero-order chi connectivity index (χ0) is 15.0. The molecule has 2 aliphatic heterocycles. The van der Waals surface area contributed by atoms with Crippen LogP contribution >= 0.6 is 0 Å². The number of hydrogen-bond donors (Lipinski definition) is 0. The fourth-order valence-corrected chi connectivity index (χ4v) is 3.14. The minimum Gasteiger partial charge on any atom is -0.364 e. The molecule has 0 aliphatic carbocycles. The van der Waals surface area contributed by atoms with E-state index < -0.39 is 0 Å². The summed E-state index contributed by atoms with van der Waals surface area (Å²) in [6, 6.07) is 3.48. The number of hydrogen-bond acceptors (Lipinski definition) is 4. The van der Waals surface area contributed by atoms with Gasteiger partial charge in [0.15, 0.2) is 0 Å². The lowest BCUT2D eigenvalue weighted by atomic mass is 10.1. The molecule has 2 amide bonds. The Bertz CT molecular complexity index is 546. The summed E-state index contributed by atoms with van der Waals surface area (Å²) in [5, 5.41) is 0. The van der Waals surface area contributed by atoms with Crippen molar-refractivity contribution in [2.75, 3.05) is 19.7 Å². The van der Waals surface area contributed by atoms with Crippen LogP contribution in [-0.4, -0.2) is 64.5 Å². The van der Waals surface area contributed by atoms with Gasteiger partial charge in [0.05, 0.1) is 12.1 Å². The van der Waals surface area contributed by atoms with Gasteiger partial charge in [-0.25, -0.2) is 0 Å². The fourth-order valence-electron chi connectivity index (χ4n) is 3.14.